The largest absolute Gasteiger partial charge is 0.347 e. The first kappa shape index (κ1) is 19.9. The first-order valence-electron chi connectivity index (χ1n) is 9.81. The van der Waals surface area contributed by atoms with E-state index in [4.69, 9.17) is 23.2 Å². The summed E-state index contributed by atoms with van der Waals surface area (Å²) in [5.74, 6) is 0.489. The highest BCUT2D eigenvalue weighted by Gasteiger charge is 2.22. The van der Waals surface area contributed by atoms with Crippen LogP contribution in [0.4, 0.5) is 0 Å². The number of rotatable bonds is 4. The van der Waals surface area contributed by atoms with Gasteiger partial charge in [0.2, 0.25) is 5.82 Å². The smallest absolute Gasteiger partial charge is 0.291 e. The zero-order chi connectivity index (χ0) is 20.4. The minimum Gasteiger partial charge on any atom is -0.347 e. The van der Waals surface area contributed by atoms with E-state index in [0.29, 0.717) is 21.6 Å². The normalized spacial score (nSPS) is 14.7. The molecule has 7 heteroatoms. The predicted octanol–water partition coefficient (Wildman–Crippen LogP) is 5.61. The number of hydrogen-bond acceptors (Lipinski definition) is 3. The van der Waals surface area contributed by atoms with Crippen molar-refractivity contribution in [2.45, 2.75) is 45.1 Å². The van der Waals surface area contributed by atoms with E-state index >= 15 is 0 Å². The van der Waals surface area contributed by atoms with Crippen LogP contribution in [0.15, 0.2) is 42.5 Å². The Morgan fingerprint density at radius 2 is 1.86 bits per heavy atom. The Morgan fingerprint density at radius 3 is 2.59 bits per heavy atom. The number of carbonyl (C=O) groups is 1. The molecule has 1 saturated carbocycles. The van der Waals surface area contributed by atoms with E-state index in [0.717, 1.165) is 36.8 Å². The summed E-state index contributed by atoms with van der Waals surface area (Å²) in [6.45, 7) is 2.01. The van der Waals surface area contributed by atoms with Crippen molar-refractivity contribution in [1.29, 1.82) is 0 Å². The summed E-state index contributed by atoms with van der Waals surface area (Å²) in [5, 5.41) is 8.48. The maximum atomic E-state index is 12.8. The van der Waals surface area contributed by atoms with E-state index < -0.39 is 0 Å². The Morgan fingerprint density at radius 1 is 1.07 bits per heavy atom. The Bertz CT molecular complexity index is 1040. The second-order valence-corrected chi connectivity index (χ2v) is 8.26. The van der Waals surface area contributed by atoms with Gasteiger partial charge in [0, 0.05) is 11.6 Å². The van der Waals surface area contributed by atoms with Crippen LogP contribution in [-0.4, -0.2) is 26.7 Å². The first-order valence-corrected chi connectivity index (χ1v) is 10.6. The van der Waals surface area contributed by atoms with Gasteiger partial charge in [0.05, 0.1) is 15.7 Å². The second kappa shape index (κ2) is 8.56. The lowest BCUT2D eigenvalue weighted by Crippen LogP contribution is -2.36. The Hall–Kier alpha value is -2.37. The summed E-state index contributed by atoms with van der Waals surface area (Å²) in [6.07, 6.45) is 5.53. The SMILES string of the molecule is Cc1cccc(-c2nc(C(=O)NC3CCCCC3)nn2-c2ccc(Cl)c(Cl)c2)c1. The molecule has 5 nitrogen and oxygen atoms in total. The van der Waals surface area contributed by atoms with Gasteiger partial charge in [-0.15, -0.1) is 5.10 Å². The summed E-state index contributed by atoms with van der Waals surface area (Å²) in [4.78, 5) is 17.4. The van der Waals surface area contributed by atoms with Crippen LogP contribution in [0.1, 0.15) is 48.3 Å². The second-order valence-electron chi connectivity index (χ2n) is 7.45. The molecule has 1 fully saturated rings. The van der Waals surface area contributed by atoms with Gasteiger partial charge < -0.3 is 5.32 Å². The van der Waals surface area contributed by atoms with Crippen LogP contribution in [0.25, 0.3) is 17.1 Å². The third kappa shape index (κ3) is 4.46. The van der Waals surface area contributed by atoms with Crippen molar-refractivity contribution in [2.75, 3.05) is 0 Å². The van der Waals surface area contributed by atoms with Crippen molar-refractivity contribution in [2.24, 2.45) is 0 Å². The number of nitrogens with one attached hydrogen (secondary N) is 1. The number of halogens is 2. The molecule has 1 aliphatic carbocycles. The molecule has 0 bridgehead atoms. The number of amides is 1. The minimum atomic E-state index is -0.246. The molecular weight excluding hydrogens is 407 g/mol. The molecule has 0 atom stereocenters. The molecule has 0 radical (unpaired) electrons. The predicted molar refractivity (Wildman–Crippen MR) is 116 cm³/mol. The molecule has 0 saturated heterocycles. The molecule has 0 spiro atoms. The van der Waals surface area contributed by atoms with E-state index in [1.54, 1.807) is 16.8 Å². The topological polar surface area (TPSA) is 59.8 Å². The van der Waals surface area contributed by atoms with Crippen LogP contribution in [0, 0.1) is 6.92 Å². The summed E-state index contributed by atoms with van der Waals surface area (Å²) in [5.41, 5.74) is 2.67. The van der Waals surface area contributed by atoms with E-state index in [1.165, 1.54) is 6.42 Å². The maximum absolute atomic E-state index is 12.8. The van der Waals surface area contributed by atoms with Crippen molar-refractivity contribution >= 4 is 29.1 Å². The molecule has 1 amide bonds. The van der Waals surface area contributed by atoms with E-state index in [2.05, 4.69) is 15.4 Å². The molecule has 1 heterocycles. The van der Waals surface area contributed by atoms with E-state index in [-0.39, 0.29) is 17.8 Å². The lowest BCUT2D eigenvalue weighted by Gasteiger charge is -2.21. The summed E-state index contributed by atoms with van der Waals surface area (Å²) in [7, 11) is 0. The van der Waals surface area contributed by atoms with Crippen LogP contribution in [0.5, 0.6) is 0 Å². The van der Waals surface area contributed by atoms with Crippen molar-refractivity contribution in [1.82, 2.24) is 20.1 Å². The number of aryl methyl sites for hydroxylation is 1. The Balaban J connectivity index is 1.73. The maximum Gasteiger partial charge on any atom is 0.291 e. The fraction of sp³-hybridized carbons (Fsp3) is 0.318. The summed E-state index contributed by atoms with van der Waals surface area (Å²) >= 11 is 12.3. The molecule has 0 unspecified atom stereocenters. The number of nitrogens with zero attached hydrogens (tertiary/aromatic N) is 3. The van der Waals surface area contributed by atoms with Gasteiger partial charge in [-0.2, -0.15) is 0 Å². The van der Waals surface area contributed by atoms with E-state index in [9.17, 15) is 4.79 Å². The standard InChI is InChI=1S/C22H22Cl2N4O/c1-14-6-5-7-15(12-14)21-26-20(22(29)25-16-8-3-2-4-9-16)27-28(21)17-10-11-18(23)19(24)13-17/h5-7,10-13,16H,2-4,8-9H2,1H3,(H,25,29). The van der Waals surface area contributed by atoms with Crippen molar-refractivity contribution in [3.05, 3.63) is 63.9 Å². The average Bonchev–Trinajstić information content (AvgIpc) is 3.16. The van der Waals surface area contributed by atoms with E-state index in [1.807, 2.05) is 37.3 Å². The van der Waals surface area contributed by atoms with Gasteiger partial charge in [0.25, 0.3) is 5.91 Å². The molecular formula is C22H22Cl2N4O. The van der Waals surface area contributed by atoms with Gasteiger partial charge >= 0.3 is 0 Å². The van der Waals surface area contributed by atoms with Crippen LogP contribution < -0.4 is 5.32 Å². The van der Waals surface area contributed by atoms with Gasteiger partial charge in [-0.1, -0.05) is 66.2 Å². The van der Waals surface area contributed by atoms with Crippen molar-refractivity contribution in [3.8, 4) is 17.1 Å². The molecule has 1 aliphatic rings. The third-order valence-electron chi connectivity index (χ3n) is 5.17. The number of benzene rings is 2. The number of carbonyl (C=O) groups excluding carboxylic acids is 1. The lowest BCUT2D eigenvalue weighted by molar-refractivity contribution is 0.0917. The molecule has 4 rings (SSSR count). The molecule has 3 aromatic rings. The molecule has 0 aliphatic heterocycles. The number of hydrogen-bond donors (Lipinski definition) is 1. The summed E-state index contributed by atoms with van der Waals surface area (Å²) < 4.78 is 1.65. The highest BCUT2D eigenvalue weighted by molar-refractivity contribution is 6.42. The van der Waals surface area contributed by atoms with Gasteiger partial charge in [-0.3, -0.25) is 4.79 Å². The Kier molecular flexibility index (Phi) is 5.88. The summed E-state index contributed by atoms with van der Waals surface area (Å²) in [6, 6.07) is 13.4. The van der Waals surface area contributed by atoms with Gasteiger partial charge in [-0.05, 0) is 44.0 Å². The van der Waals surface area contributed by atoms with Crippen LogP contribution >= 0.6 is 23.2 Å². The van der Waals surface area contributed by atoms with Crippen LogP contribution in [0.3, 0.4) is 0 Å². The van der Waals surface area contributed by atoms with Crippen LogP contribution in [0.2, 0.25) is 10.0 Å². The number of aromatic nitrogens is 3. The fourth-order valence-electron chi connectivity index (χ4n) is 3.67. The monoisotopic (exact) mass is 428 g/mol. The van der Waals surface area contributed by atoms with Crippen molar-refractivity contribution in [3.63, 3.8) is 0 Å². The molecule has 1 N–H and O–H groups in total. The van der Waals surface area contributed by atoms with Gasteiger partial charge in [-0.25, -0.2) is 9.67 Å². The molecule has 2 aromatic carbocycles. The van der Waals surface area contributed by atoms with Gasteiger partial charge in [0.1, 0.15) is 0 Å². The van der Waals surface area contributed by atoms with Crippen LogP contribution in [-0.2, 0) is 0 Å². The zero-order valence-corrected chi connectivity index (χ0v) is 17.7. The van der Waals surface area contributed by atoms with Crippen molar-refractivity contribution < 1.29 is 4.79 Å². The fourth-order valence-corrected chi connectivity index (χ4v) is 3.97. The third-order valence-corrected chi connectivity index (χ3v) is 5.91. The minimum absolute atomic E-state index is 0.151. The average molecular weight is 429 g/mol. The first-order chi connectivity index (χ1) is 14.0. The lowest BCUT2D eigenvalue weighted by atomic mass is 9.95. The molecule has 29 heavy (non-hydrogen) atoms. The highest BCUT2D eigenvalue weighted by atomic mass is 35.5. The molecule has 1 aromatic heterocycles. The highest BCUT2D eigenvalue weighted by Crippen LogP contribution is 2.28. The zero-order valence-electron chi connectivity index (χ0n) is 16.2. The van der Waals surface area contributed by atoms with Gasteiger partial charge in [0.15, 0.2) is 5.82 Å². The Labute approximate surface area is 180 Å². The quantitative estimate of drug-likeness (QED) is 0.586. The molecule has 150 valence electrons.